The monoisotopic (exact) mass is 258 g/mol. The summed E-state index contributed by atoms with van der Waals surface area (Å²) in [5.74, 6) is 1.87. The van der Waals surface area contributed by atoms with Gasteiger partial charge in [0, 0.05) is 12.5 Å². The summed E-state index contributed by atoms with van der Waals surface area (Å²) in [5, 5.41) is 3.17. The van der Waals surface area contributed by atoms with E-state index in [-0.39, 0.29) is 5.91 Å². The van der Waals surface area contributed by atoms with E-state index in [0.29, 0.717) is 24.9 Å². The van der Waals surface area contributed by atoms with Gasteiger partial charge in [0.2, 0.25) is 5.91 Å². The highest BCUT2D eigenvalue weighted by molar-refractivity contribution is 7.98. The van der Waals surface area contributed by atoms with Crippen LogP contribution in [0.1, 0.15) is 44.9 Å². The number of carbonyl (C=O) groups is 1. The summed E-state index contributed by atoms with van der Waals surface area (Å²) < 4.78 is 0. The second kappa shape index (κ2) is 8.81. The first-order valence-corrected chi connectivity index (χ1v) is 8.15. The summed E-state index contributed by atoms with van der Waals surface area (Å²) in [4.78, 5) is 11.8. The number of carbonyl (C=O) groups excluding carboxylic acids is 1. The van der Waals surface area contributed by atoms with E-state index in [1.54, 1.807) is 0 Å². The summed E-state index contributed by atoms with van der Waals surface area (Å²) in [5.41, 5.74) is 5.75. The van der Waals surface area contributed by atoms with Crippen LogP contribution in [0.25, 0.3) is 0 Å². The van der Waals surface area contributed by atoms with E-state index in [4.69, 9.17) is 5.73 Å². The zero-order valence-electron chi connectivity index (χ0n) is 10.9. The molecule has 1 aliphatic carbocycles. The van der Waals surface area contributed by atoms with Gasteiger partial charge in [-0.2, -0.15) is 11.8 Å². The smallest absolute Gasteiger partial charge is 0.220 e. The van der Waals surface area contributed by atoms with E-state index < -0.39 is 0 Å². The van der Waals surface area contributed by atoms with Crippen molar-refractivity contribution < 1.29 is 4.79 Å². The lowest BCUT2D eigenvalue weighted by molar-refractivity contribution is -0.122. The fourth-order valence-corrected chi connectivity index (χ4v) is 2.98. The minimum absolute atomic E-state index is 0.219. The van der Waals surface area contributed by atoms with E-state index >= 15 is 0 Å². The second-order valence-corrected chi connectivity index (χ2v) is 5.89. The highest BCUT2D eigenvalue weighted by atomic mass is 32.2. The third-order valence-corrected chi connectivity index (χ3v) is 4.26. The number of hydrogen-bond acceptors (Lipinski definition) is 3. The van der Waals surface area contributed by atoms with Crippen LogP contribution < -0.4 is 11.1 Å². The first kappa shape index (κ1) is 14.8. The molecule has 0 aromatic rings. The second-order valence-electron chi connectivity index (χ2n) is 4.90. The Morgan fingerprint density at radius 2 is 2.12 bits per heavy atom. The molecule has 0 aromatic carbocycles. The Kier molecular flexibility index (Phi) is 7.69. The van der Waals surface area contributed by atoms with Crippen LogP contribution in [0.3, 0.4) is 0 Å². The molecule has 0 aromatic heterocycles. The first-order chi connectivity index (χ1) is 8.27. The normalized spacial score (nSPS) is 24.6. The van der Waals surface area contributed by atoms with Gasteiger partial charge in [0.15, 0.2) is 0 Å². The fourth-order valence-electron chi connectivity index (χ4n) is 2.49. The largest absolute Gasteiger partial charge is 0.353 e. The van der Waals surface area contributed by atoms with Crippen molar-refractivity contribution in [3.8, 4) is 0 Å². The van der Waals surface area contributed by atoms with Gasteiger partial charge in [0.1, 0.15) is 0 Å². The van der Waals surface area contributed by atoms with Crippen molar-refractivity contribution in [2.24, 2.45) is 11.7 Å². The SMILES string of the molecule is CSCCCCC(=O)NC1CCCCC1CN. The highest BCUT2D eigenvalue weighted by Crippen LogP contribution is 2.23. The summed E-state index contributed by atoms with van der Waals surface area (Å²) >= 11 is 1.84. The van der Waals surface area contributed by atoms with Gasteiger partial charge in [-0.15, -0.1) is 0 Å². The zero-order valence-corrected chi connectivity index (χ0v) is 11.7. The zero-order chi connectivity index (χ0) is 12.5. The lowest BCUT2D eigenvalue weighted by Crippen LogP contribution is -2.44. The fraction of sp³-hybridized carbons (Fsp3) is 0.923. The average Bonchev–Trinajstić information content (AvgIpc) is 2.35. The van der Waals surface area contributed by atoms with Crippen LogP contribution >= 0.6 is 11.8 Å². The van der Waals surface area contributed by atoms with Crippen molar-refractivity contribution in [2.75, 3.05) is 18.6 Å². The quantitative estimate of drug-likeness (QED) is 0.688. The van der Waals surface area contributed by atoms with Crippen molar-refractivity contribution in [3.63, 3.8) is 0 Å². The highest BCUT2D eigenvalue weighted by Gasteiger charge is 2.24. The van der Waals surface area contributed by atoms with Crippen LogP contribution in [0.4, 0.5) is 0 Å². The van der Waals surface area contributed by atoms with Gasteiger partial charge in [0.25, 0.3) is 0 Å². The minimum atomic E-state index is 0.219. The number of nitrogens with one attached hydrogen (secondary N) is 1. The Balaban J connectivity index is 2.19. The summed E-state index contributed by atoms with van der Waals surface area (Å²) in [7, 11) is 0. The van der Waals surface area contributed by atoms with Gasteiger partial charge in [-0.3, -0.25) is 4.79 Å². The molecule has 1 rings (SSSR count). The lowest BCUT2D eigenvalue weighted by Gasteiger charge is -2.31. The molecule has 2 unspecified atom stereocenters. The lowest BCUT2D eigenvalue weighted by atomic mass is 9.84. The Hall–Kier alpha value is -0.220. The first-order valence-electron chi connectivity index (χ1n) is 6.76. The third kappa shape index (κ3) is 5.77. The molecule has 0 bridgehead atoms. The van der Waals surface area contributed by atoms with E-state index in [9.17, 15) is 4.79 Å². The van der Waals surface area contributed by atoms with Crippen LogP contribution in [0.15, 0.2) is 0 Å². The number of amides is 1. The van der Waals surface area contributed by atoms with Crippen LogP contribution in [-0.4, -0.2) is 30.5 Å². The predicted molar refractivity (Wildman–Crippen MR) is 75.2 cm³/mol. The standard InChI is InChI=1S/C13H26N2OS/c1-17-9-5-4-8-13(16)15-12-7-3-2-6-11(12)10-14/h11-12H,2-10,14H2,1H3,(H,15,16). The Labute approximate surface area is 109 Å². The minimum Gasteiger partial charge on any atom is -0.353 e. The van der Waals surface area contributed by atoms with E-state index in [2.05, 4.69) is 11.6 Å². The number of nitrogens with two attached hydrogens (primary N) is 1. The maximum atomic E-state index is 11.8. The van der Waals surface area contributed by atoms with Crippen LogP contribution in [0.5, 0.6) is 0 Å². The van der Waals surface area contributed by atoms with E-state index in [1.807, 2.05) is 11.8 Å². The van der Waals surface area contributed by atoms with Crippen molar-refractivity contribution in [2.45, 2.75) is 51.0 Å². The molecule has 1 saturated carbocycles. The van der Waals surface area contributed by atoms with Gasteiger partial charge in [0.05, 0.1) is 0 Å². The molecule has 100 valence electrons. The van der Waals surface area contributed by atoms with Gasteiger partial charge >= 0.3 is 0 Å². The third-order valence-electron chi connectivity index (χ3n) is 3.56. The molecule has 0 radical (unpaired) electrons. The van der Waals surface area contributed by atoms with Crippen molar-refractivity contribution >= 4 is 17.7 Å². The molecule has 1 fully saturated rings. The summed E-state index contributed by atoms with van der Waals surface area (Å²) in [6.45, 7) is 0.706. The van der Waals surface area contributed by atoms with E-state index in [1.165, 1.54) is 19.3 Å². The van der Waals surface area contributed by atoms with Crippen molar-refractivity contribution in [1.29, 1.82) is 0 Å². The maximum absolute atomic E-state index is 11.8. The molecule has 0 saturated heterocycles. The molecule has 17 heavy (non-hydrogen) atoms. The maximum Gasteiger partial charge on any atom is 0.220 e. The molecule has 4 heteroatoms. The number of unbranched alkanes of at least 4 members (excludes halogenated alkanes) is 1. The predicted octanol–water partition coefficient (Wildman–Crippen LogP) is 2.15. The molecule has 3 nitrogen and oxygen atoms in total. The van der Waals surface area contributed by atoms with Crippen LogP contribution in [0, 0.1) is 5.92 Å². The Bertz CT molecular complexity index is 223. The van der Waals surface area contributed by atoms with Gasteiger partial charge < -0.3 is 11.1 Å². The Morgan fingerprint density at radius 3 is 2.82 bits per heavy atom. The van der Waals surface area contributed by atoms with Gasteiger partial charge in [-0.05, 0) is 50.2 Å². The number of thioether (sulfide) groups is 1. The number of hydrogen-bond donors (Lipinski definition) is 2. The molecule has 0 aliphatic heterocycles. The van der Waals surface area contributed by atoms with Gasteiger partial charge in [-0.25, -0.2) is 0 Å². The van der Waals surface area contributed by atoms with Crippen LogP contribution in [-0.2, 0) is 4.79 Å². The molecular weight excluding hydrogens is 232 g/mol. The van der Waals surface area contributed by atoms with Crippen molar-refractivity contribution in [3.05, 3.63) is 0 Å². The topological polar surface area (TPSA) is 55.1 Å². The van der Waals surface area contributed by atoms with E-state index in [0.717, 1.165) is 25.0 Å². The van der Waals surface area contributed by atoms with Gasteiger partial charge in [-0.1, -0.05) is 12.8 Å². The molecule has 1 aliphatic rings. The molecular formula is C13H26N2OS. The molecule has 0 spiro atoms. The average molecular weight is 258 g/mol. The van der Waals surface area contributed by atoms with Crippen molar-refractivity contribution in [1.82, 2.24) is 5.32 Å². The van der Waals surface area contributed by atoms with Crippen LogP contribution in [0.2, 0.25) is 0 Å². The molecule has 2 atom stereocenters. The molecule has 3 N–H and O–H groups in total. The summed E-state index contributed by atoms with van der Waals surface area (Å²) in [6.07, 6.45) is 9.71. The molecule has 1 amide bonds. The number of rotatable bonds is 7. The summed E-state index contributed by atoms with van der Waals surface area (Å²) in [6, 6.07) is 0.335. The Morgan fingerprint density at radius 1 is 1.35 bits per heavy atom. The molecule has 0 heterocycles.